The van der Waals surface area contributed by atoms with Crippen molar-refractivity contribution in [1.82, 2.24) is 5.32 Å². The van der Waals surface area contributed by atoms with Crippen molar-refractivity contribution < 1.29 is 4.79 Å². The summed E-state index contributed by atoms with van der Waals surface area (Å²) in [7, 11) is 0. The highest BCUT2D eigenvalue weighted by Gasteiger charge is 1.95. The number of hydrogen-bond donors (Lipinski definition) is 1. The highest BCUT2D eigenvalue weighted by atomic mass is 16.1. The van der Waals surface area contributed by atoms with E-state index in [0.717, 1.165) is 5.70 Å². The molecule has 0 spiro atoms. The number of carbonyl (C=O) groups is 1. The maximum atomic E-state index is 10.9. The van der Waals surface area contributed by atoms with E-state index in [0.29, 0.717) is 6.04 Å². The summed E-state index contributed by atoms with van der Waals surface area (Å²) in [5, 5.41) is 3.10. The van der Waals surface area contributed by atoms with Gasteiger partial charge in [0.25, 0.3) is 0 Å². The quantitative estimate of drug-likeness (QED) is 0.390. The fourth-order valence-electron chi connectivity index (χ4n) is 0.853. The molecule has 2 heteroatoms. The molecule has 0 aliphatic heterocycles. The summed E-state index contributed by atoms with van der Waals surface area (Å²) < 4.78 is 0. The van der Waals surface area contributed by atoms with Gasteiger partial charge in [-0.1, -0.05) is 5.92 Å². The third kappa shape index (κ3) is 5.55. The van der Waals surface area contributed by atoms with Gasteiger partial charge >= 0.3 is 0 Å². The van der Waals surface area contributed by atoms with Crippen molar-refractivity contribution in [3.8, 4) is 11.8 Å². The molecular weight excluding hydrogens is 150 g/mol. The molecule has 0 aromatic rings. The predicted octanol–water partition coefficient (Wildman–Crippen LogP) is 1.48. The molecular formula is C10H15NO. The monoisotopic (exact) mass is 165 g/mol. The third-order valence-corrected chi connectivity index (χ3v) is 1.11. The van der Waals surface area contributed by atoms with Gasteiger partial charge in [0.15, 0.2) is 0 Å². The molecule has 0 heterocycles. The smallest absolute Gasteiger partial charge is 0.230 e. The van der Waals surface area contributed by atoms with Crippen molar-refractivity contribution >= 4 is 5.78 Å². The van der Waals surface area contributed by atoms with Crippen LogP contribution in [0.5, 0.6) is 0 Å². The van der Waals surface area contributed by atoms with Crippen molar-refractivity contribution in [1.29, 1.82) is 0 Å². The van der Waals surface area contributed by atoms with Crippen LogP contribution in [0.4, 0.5) is 0 Å². The average molecular weight is 165 g/mol. The van der Waals surface area contributed by atoms with Crippen molar-refractivity contribution in [2.75, 3.05) is 0 Å². The summed E-state index contributed by atoms with van der Waals surface area (Å²) in [6.45, 7) is 7.55. The second-order valence-electron chi connectivity index (χ2n) is 2.87. The molecule has 0 saturated carbocycles. The molecule has 12 heavy (non-hydrogen) atoms. The lowest BCUT2D eigenvalue weighted by Crippen LogP contribution is -2.20. The minimum absolute atomic E-state index is 0.150. The largest absolute Gasteiger partial charge is 0.386 e. The fraction of sp³-hybridized carbons (Fsp3) is 0.500. The third-order valence-electron chi connectivity index (χ3n) is 1.11. The zero-order chi connectivity index (χ0) is 9.56. The Kier molecular flexibility index (Phi) is 4.87. The highest BCUT2D eigenvalue weighted by Crippen LogP contribution is 1.90. The van der Waals surface area contributed by atoms with Crippen LogP contribution in [0.3, 0.4) is 0 Å². The van der Waals surface area contributed by atoms with Crippen LogP contribution in [-0.2, 0) is 4.79 Å². The van der Waals surface area contributed by atoms with Crippen molar-refractivity contribution in [2.45, 2.75) is 33.7 Å². The molecule has 0 atom stereocenters. The van der Waals surface area contributed by atoms with Gasteiger partial charge in [0.2, 0.25) is 5.78 Å². The standard InChI is InChI=1S/C10H15NO/c1-5-6-10(12)7-9(4)11-8(2)3/h7-8,11H,1-4H3/b9-7+. The molecule has 0 fully saturated rings. The lowest BCUT2D eigenvalue weighted by molar-refractivity contribution is -0.109. The van der Waals surface area contributed by atoms with Crippen LogP contribution < -0.4 is 5.32 Å². The Hall–Kier alpha value is -1.23. The first-order valence-corrected chi connectivity index (χ1v) is 3.97. The van der Waals surface area contributed by atoms with E-state index in [1.807, 2.05) is 20.8 Å². The molecule has 66 valence electrons. The van der Waals surface area contributed by atoms with Gasteiger partial charge in [0, 0.05) is 17.8 Å². The summed E-state index contributed by atoms with van der Waals surface area (Å²) in [4.78, 5) is 10.9. The molecule has 0 aromatic heterocycles. The van der Waals surface area contributed by atoms with E-state index < -0.39 is 0 Å². The molecule has 0 aliphatic carbocycles. The maximum absolute atomic E-state index is 10.9. The van der Waals surface area contributed by atoms with E-state index in [1.54, 1.807) is 6.92 Å². The number of allylic oxidation sites excluding steroid dienone is 2. The SMILES string of the molecule is CC#CC(=O)/C=C(\C)NC(C)C. The highest BCUT2D eigenvalue weighted by molar-refractivity contribution is 6.04. The number of carbonyl (C=O) groups excluding carboxylic acids is 1. The van der Waals surface area contributed by atoms with Crippen LogP contribution in [0.2, 0.25) is 0 Å². The second kappa shape index (κ2) is 5.42. The van der Waals surface area contributed by atoms with Gasteiger partial charge in [-0.3, -0.25) is 4.79 Å². The average Bonchev–Trinajstić information content (AvgIpc) is 1.84. The Balaban J connectivity index is 4.13. The van der Waals surface area contributed by atoms with Gasteiger partial charge in [-0.05, 0) is 33.6 Å². The van der Waals surface area contributed by atoms with Crippen LogP contribution in [0.15, 0.2) is 11.8 Å². The van der Waals surface area contributed by atoms with Gasteiger partial charge in [-0.25, -0.2) is 0 Å². The van der Waals surface area contributed by atoms with E-state index in [1.165, 1.54) is 6.08 Å². The first kappa shape index (κ1) is 10.8. The van der Waals surface area contributed by atoms with Gasteiger partial charge in [0.05, 0.1) is 0 Å². The van der Waals surface area contributed by atoms with E-state index in [2.05, 4.69) is 17.2 Å². The maximum Gasteiger partial charge on any atom is 0.230 e. The molecule has 0 aliphatic rings. The molecule has 1 N–H and O–H groups in total. The van der Waals surface area contributed by atoms with Crippen LogP contribution in [0, 0.1) is 11.8 Å². The first-order valence-electron chi connectivity index (χ1n) is 3.97. The van der Waals surface area contributed by atoms with Gasteiger partial charge < -0.3 is 5.32 Å². The lowest BCUT2D eigenvalue weighted by atomic mass is 10.3. The Morgan fingerprint density at radius 3 is 2.50 bits per heavy atom. The van der Waals surface area contributed by atoms with Gasteiger partial charge in [-0.15, -0.1) is 0 Å². The summed E-state index contributed by atoms with van der Waals surface area (Å²) in [5.74, 6) is 4.85. The van der Waals surface area contributed by atoms with Crippen LogP contribution in [0.1, 0.15) is 27.7 Å². The van der Waals surface area contributed by atoms with Crippen molar-refractivity contribution in [3.05, 3.63) is 11.8 Å². The minimum atomic E-state index is -0.150. The van der Waals surface area contributed by atoms with E-state index in [-0.39, 0.29) is 5.78 Å². The van der Waals surface area contributed by atoms with Crippen LogP contribution in [-0.4, -0.2) is 11.8 Å². The number of nitrogens with one attached hydrogen (secondary N) is 1. The fourth-order valence-corrected chi connectivity index (χ4v) is 0.853. The summed E-state index contributed by atoms with van der Waals surface area (Å²) in [6.07, 6.45) is 1.51. The predicted molar refractivity (Wildman–Crippen MR) is 50.5 cm³/mol. The van der Waals surface area contributed by atoms with Crippen molar-refractivity contribution in [3.63, 3.8) is 0 Å². The Bertz CT molecular complexity index is 240. The molecule has 2 nitrogen and oxygen atoms in total. The van der Waals surface area contributed by atoms with E-state index in [9.17, 15) is 4.79 Å². The lowest BCUT2D eigenvalue weighted by Gasteiger charge is -2.08. The normalized spacial score (nSPS) is 10.6. The molecule has 0 unspecified atom stereocenters. The van der Waals surface area contributed by atoms with E-state index in [4.69, 9.17) is 0 Å². The molecule has 0 bridgehead atoms. The topological polar surface area (TPSA) is 29.1 Å². The molecule has 0 radical (unpaired) electrons. The van der Waals surface area contributed by atoms with Crippen LogP contribution >= 0.6 is 0 Å². The van der Waals surface area contributed by atoms with Gasteiger partial charge in [0.1, 0.15) is 0 Å². The zero-order valence-electron chi connectivity index (χ0n) is 8.06. The van der Waals surface area contributed by atoms with Crippen LogP contribution in [0.25, 0.3) is 0 Å². The Labute approximate surface area is 74.0 Å². The molecule has 0 saturated heterocycles. The number of hydrogen-bond acceptors (Lipinski definition) is 2. The summed E-state index contributed by atoms with van der Waals surface area (Å²) in [5.41, 5.74) is 0.859. The summed E-state index contributed by atoms with van der Waals surface area (Å²) >= 11 is 0. The zero-order valence-corrected chi connectivity index (χ0v) is 8.06. The first-order chi connectivity index (χ1) is 5.56. The summed E-state index contributed by atoms with van der Waals surface area (Å²) in [6, 6.07) is 0.351. The second-order valence-corrected chi connectivity index (χ2v) is 2.87. The van der Waals surface area contributed by atoms with E-state index >= 15 is 0 Å². The number of rotatable bonds is 3. The minimum Gasteiger partial charge on any atom is -0.386 e. The Morgan fingerprint density at radius 2 is 2.08 bits per heavy atom. The number of ketones is 1. The molecule has 0 aromatic carbocycles. The van der Waals surface area contributed by atoms with Crippen molar-refractivity contribution in [2.24, 2.45) is 0 Å². The molecule has 0 amide bonds. The van der Waals surface area contributed by atoms with Gasteiger partial charge in [-0.2, -0.15) is 0 Å². The molecule has 0 rings (SSSR count). The Morgan fingerprint density at radius 1 is 1.50 bits per heavy atom.